The smallest absolute Gasteiger partial charge is 0.161 e. The van der Waals surface area contributed by atoms with E-state index in [0.717, 1.165) is 27.0 Å². The fraction of sp³-hybridized carbons (Fsp3) is 0.533. The molecule has 3 rings (SSSR count). The van der Waals surface area contributed by atoms with Gasteiger partial charge in [0.05, 0.1) is 11.2 Å². The van der Waals surface area contributed by atoms with Gasteiger partial charge < -0.3 is 5.32 Å². The number of amidine groups is 1. The molecule has 2 unspecified atom stereocenters. The van der Waals surface area contributed by atoms with Crippen molar-refractivity contribution in [2.45, 2.75) is 38.1 Å². The zero-order valence-electron chi connectivity index (χ0n) is 11.2. The summed E-state index contributed by atoms with van der Waals surface area (Å²) in [6, 6.07) is 8.22. The van der Waals surface area contributed by atoms with E-state index in [9.17, 15) is 0 Å². The fourth-order valence-electron chi connectivity index (χ4n) is 3.09. The molecule has 1 N–H and O–H groups in total. The van der Waals surface area contributed by atoms with Gasteiger partial charge in [0.2, 0.25) is 0 Å². The van der Waals surface area contributed by atoms with Gasteiger partial charge in [-0.1, -0.05) is 43.7 Å². The minimum atomic E-state index is 0.214. The van der Waals surface area contributed by atoms with Crippen molar-refractivity contribution < 1.29 is 0 Å². The van der Waals surface area contributed by atoms with E-state index >= 15 is 0 Å². The van der Waals surface area contributed by atoms with E-state index in [0.29, 0.717) is 0 Å². The molecule has 2 nitrogen and oxygen atoms in total. The first kappa shape index (κ1) is 13.5. The molecule has 102 valence electrons. The number of hydrogen-bond acceptors (Lipinski definition) is 3. The summed E-state index contributed by atoms with van der Waals surface area (Å²) < 4.78 is 1.09. The average molecular weight is 339 g/mol. The Labute approximate surface area is 127 Å². The molecule has 0 amide bonds. The van der Waals surface area contributed by atoms with Crippen molar-refractivity contribution in [1.29, 1.82) is 0 Å². The monoisotopic (exact) mass is 338 g/mol. The summed E-state index contributed by atoms with van der Waals surface area (Å²) in [5.41, 5.74) is 1.32. The normalized spacial score (nSPS) is 30.4. The zero-order chi connectivity index (χ0) is 13.3. The molecule has 0 bridgehead atoms. The number of nitrogens with zero attached hydrogens (tertiary/aromatic N) is 1. The zero-order valence-corrected chi connectivity index (χ0v) is 13.6. The number of aliphatic imine (C=N–C) groups is 1. The van der Waals surface area contributed by atoms with Crippen molar-refractivity contribution in [3.63, 3.8) is 0 Å². The second kappa shape index (κ2) is 5.49. The minimum absolute atomic E-state index is 0.214. The Morgan fingerprint density at radius 2 is 2.26 bits per heavy atom. The van der Waals surface area contributed by atoms with Crippen LogP contribution in [-0.4, -0.2) is 16.5 Å². The largest absolute Gasteiger partial charge is 0.334 e. The van der Waals surface area contributed by atoms with Gasteiger partial charge in [-0.15, -0.1) is 0 Å². The van der Waals surface area contributed by atoms with E-state index in [1.165, 1.54) is 25.7 Å². The van der Waals surface area contributed by atoms with Crippen LogP contribution in [0.3, 0.4) is 0 Å². The Kier molecular flexibility index (Phi) is 3.90. The lowest BCUT2D eigenvalue weighted by molar-refractivity contribution is 0.266. The number of hydrogen-bond donors (Lipinski definition) is 1. The van der Waals surface area contributed by atoms with Crippen molar-refractivity contribution >= 4 is 38.5 Å². The lowest BCUT2D eigenvalue weighted by atomic mass is 9.78. The topological polar surface area (TPSA) is 24.4 Å². The second-order valence-electron chi connectivity index (χ2n) is 5.74. The molecule has 1 saturated carbocycles. The molecule has 1 aliphatic carbocycles. The predicted molar refractivity (Wildman–Crippen MR) is 88.0 cm³/mol. The van der Waals surface area contributed by atoms with Gasteiger partial charge in [0, 0.05) is 10.2 Å². The Morgan fingerprint density at radius 3 is 3.05 bits per heavy atom. The van der Waals surface area contributed by atoms with Crippen LogP contribution in [0.25, 0.3) is 0 Å². The molecule has 0 radical (unpaired) electrons. The third-order valence-electron chi connectivity index (χ3n) is 4.00. The second-order valence-corrected chi connectivity index (χ2v) is 7.55. The van der Waals surface area contributed by atoms with Crippen LogP contribution in [0.15, 0.2) is 33.7 Å². The summed E-state index contributed by atoms with van der Waals surface area (Å²) in [5, 5.41) is 4.55. The molecule has 1 fully saturated rings. The van der Waals surface area contributed by atoms with Gasteiger partial charge >= 0.3 is 0 Å². The standard InChI is InChI=1S/C15H19BrN2S/c1-11-5-4-8-15(9-11)10-19-14(18-15)17-13-7-3-2-6-12(13)16/h2-3,6-7,11H,4-5,8-10H2,1H3,(H,17,18). The van der Waals surface area contributed by atoms with E-state index in [-0.39, 0.29) is 5.54 Å². The molecule has 1 aromatic carbocycles. The van der Waals surface area contributed by atoms with Crippen LogP contribution in [0.2, 0.25) is 0 Å². The van der Waals surface area contributed by atoms with E-state index in [1.807, 2.05) is 23.9 Å². The Bertz CT molecular complexity index is 503. The minimum Gasteiger partial charge on any atom is -0.334 e. The van der Waals surface area contributed by atoms with E-state index in [1.54, 1.807) is 0 Å². The van der Waals surface area contributed by atoms with Crippen LogP contribution in [0.4, 0.5) is 5.69 Å². The van der Waals surface area contributed by atoms with Gasteiger partial charge in [-0.3, -0.25) is 4.99 Å². The maximum absolute atomic E-state index is 5.01. The molecule has 1 aromatic rings. The van der Waals surface area contributed by atoms with Gasteiger partial charge in [-0.2, -0.15) is 0 Å². The summed E-state index contributed by atoms with van der Waals surface area (Å²) in [6.45, 7) is 2.36. The summed E-state index contributed by atoms with van der Waals surface area (Å²) in [5.74, 6) is 1.96. The molecular weight excluding hydrogens is 320 g/mol. The molecule has 0 saturated heterocycles. The van der Waals surface area contributed by atoms with Crippen LogP contribution >= 0.6 is 27.7 Å². The summed E-state index contributed by atoms with van der Waals surface area (Å²) in [4.78, 5) is 5.01. The third kappa shape index (κ3) is 3.00. The van der Waals surface area contributed by atoms with Gasteiger partial charge in [-0.05, 0) is 46.8 Å². The highest BCUT2D eigenvalue weighted by Crippen LogP contribution is 2.42. The predicted octanol–water partition coefficient (Wildman–Crippen LogP) is 4.91. The van der Waals surface area contributed by atoms with Crippen LogP contribution in [0.5, 0.6) is 0 Å². The lowest BCUT2D eigenvalue weighted by Gasteiger charge is -2.33. The van der Waals surface area contributed by atoms with Crippen LogP contribution in [0, 0.1) is 5.92 Å². The SMILES string of the molecule is CC1CCCC2(CSC(Nc3ccccc3Br)=N2)C1. The van der Waals surface area contributed by atoms with Crippen molar-refractivity contribution in [1.82, 2.24) is 0 Å². The molecule has 0 aromatic heterocycles. The van der Waals surface area contributed by atoms with Gasteiger partial charge in [-0.25, -0.2) is 0 Å². The Morgan fingerprint density at radius 1 is 1.42 bits per heavy atom. The van der Waals surface area contributed by atoms with Gasteiger partial charge in [0.1, 0.15) is 0 Å². The Balaban J connectivity index is 1.75. The molecule has 1 aliphatic heterocycles. The first-order chi connectivity index (χ1) is 9.17. The van der Waals surface area contributed by atoms with Crippen molar-refractivity contribution in [3.8, 4) is 0 Å². The van der Waals surface area contributed by atoms with Crippen LogP contribution < -0.4 is 5.32 Å². The fourth-order valence-corrected chi connectivity index (χ4v) is 4.65. The highest BCUT2D eigenvalue weighted by Gasteiger charge is 2.39. The molecular formula is C15H19BrN2S. The average Bonchev–Trinajstić information content (AvgIpc) is 2.75. The number of anilines is 1. The number of benzene rings is 1. The highest BCUT2D eigenvalue weighted by atomic mass is 79.9. The molecule has 2 aliphatic rings. The first-order valence-corrected chi connectivity index (χ1v) is 8.69. The maximum Gasteiger partial charge on any atom is 0.161 e. The van der Waals surface area contributed by atoms with Gasteiger partial charge in [0.25, 0.3) is 0 Å². The molecule has 1 spiro atoms. The van der Waals surface area contributed by atoms with Crippen molar-refractivity contribution in [2.75, 3.05) is 11.1 Å². The number of rotatable bonds is 1. The number of para-hydroxylation sites is 1. The highest BCUT2D eigenvalue weighted by molar-refractivity contribution is 9.10. The summed E-state index contributed by atoms with van der Waals surface area (Å²) in [7, 11) is 0. The molecule has 19 heavy (non-hydrogen) atoms. The van der Waals surface area contributed by atoms with Crippen LogP contribution in [-0.2, 0) is 0 Å². The van der Waals surface area contributed by atoms with E-state index in [2.05, 4.69) is 40.3 Å². The van der Waals surface area contributed by atoms with Crippen LogP contribution in [0.1, 0.15) is 32.6 Å². The number of thioether (sulfide) groups is 1. The van der Waals surface area contributed by atoms with E-state index < -0.39 is 0 Å². The van der Waals surface area contributed by atoms with Crippen molar-refractivity contribution in [2.24, 2.45) is 10.9 Å². The first-order valence-electron chi connectivity index (χ1n) is 6.91. The maximum atomic E-state index is 5.01. The molecule has 2 atom stereocenters. The number of nitrogens with one attached hydrogen (secondary N) is 1. The number of halogens is 1. The quantitative estimate of drug-likeness (QED) is 0.786. The third-order valence-corrected chi connectivity index (χ3v) is 5.84. The summed E-state index contributed by atoms with van der Waals surface area (Å²) >= 11 is 5.45. The molecule has 4 heteroatoms. The van der Waals surface area contributed by atoms with Crippen molar-refractivity contribution in [3.05, 3.63) is 28.7 Å². The molecule has 1 heterocycles. The lowest BCUT2D eigenvalue weighted by Crippen LogP contribution is -2.33. The summed E-state index contributed by atoms with van der Waals surface area (Å²) in [6.07, 6.45) is 5.20. The Hall–Kier alpha value is -0.480. The van der Waals surface area contributed by atoms with Gasteiger partial charge in [0.15, 0.2) is 5.17 Å². The van der Waals surface area contributed by atoms with E-state index in [4.69, 9.17) is 4.99 Å².